The molecule has 4 heteroatoms. The van der Waals surface area contributed by atoms with Crippen molar-refractivity contribution in [2.45, 2.75) is 19.5 Å². The normalized spacial score (nSPS) is 15.6. The molecule has 2 aromatic rings. The fourth-order valence-corrected chi connectivity index (χ4v) is 3.57. The van der Waals surface area contributed by atoms with Crippen LogP contribution in [-0.4, -0.2) is 11.4 Å². The Morgan fingerprint density at radius 1 is 1.39 bits per heavy atom. The first-order chi connectivity index (χ1) is 8.72. The Morgan fingerprint density at radius 3 is 3.06 bits per heavy atom. The zero-order valence-corrected chi connectivity index (χ0v) is 11.6. The van der Waals surface area contributed by atoms with Crippen molar-refractivity contribution in [1.29, 1.82) is 0 Å². The van der Waals surface area contributed by atoms with E-state index in [0.29, 0.717) is 0 Å². The number of nitrogens with two attached hydrogens (primary N) is 1. The topological polar surface area (TPSA) is 29.3 Å². The molecule has 1 aliphatic rings. The molecule has 0 bridgehead atoms. The number of anilines is 1. The van der Waals surface area contributed by atoms with Crippen LogP contribution in [0.2, 0.25) is 5.02 Å². The molecule has 1 aromatic carbocycles. The summed E-state index contributed by atoms with van der Waals surface area (Å²) in [4.78, 5) is 3.75. The van der Waals surface area contributed by atoms with Crippen molar-refractivity contribution in [3.05, 3.63) is 50.7 Å². The van der Waals surface area contributed by atoms with Crippen molar-refractivity contribution in [2.75, 3.05) is 12.3 Å². The van der Waals surface area contributed by atoms with Gasteiger partial charge in [-0.15, -0.1) is 11.3 Å². The minimum absolute atomic E-state index is 0.840. The van der Waals surface area contributed by atoms with Crippen LogP contribution in [0.15, 0.2) is 29.6 Å². The Labute approximate surface area is 116 Å². The highest BCUT2D eigenvalue weighted by atomic mass is 35.5. The van der Waals surface area contributed by atoms with E-state index in [9.17, 15) is 0 Å². The van der Waals surface area contributed by atoms with E-state index in [0.717, 1.165) is 36.8 Å². The van der Waals surface area contributed by atoms with Crippen molar-refractivity contribution >= 4 is 28.6 Å². The maximum absolute atomic E-state index is 6.06. The van der Waals surface area contributed by atoms with Gasteiger partial charge in [-0.3, -0.25) is 4.90 Å². The molecule has 0 saturated carbocycles. The molecule has 0 unspecified atom stereocenters. The molecule has 1 aliphatic heterocycles. The van der Waals surface area contributed by atoms with Gasteiger partial charge in [0.05, 0.1) is 5.02 Å². The Bertz CT molecular complexity index is 565. The first kappa shape index (κ1) is 12.0. The van der Waals surface area contributed by atoms with E-state index in [-0.39, 0.29) is 0 Å². The molecule has 94 valence electrons. The average Bonchev–Trinajstić information content (AvgIpc) is 2.76. The van der Waals surface area contributed by atoms with Gasteiger partial charge in [0.2, 0.25) is 0 Å². The van der Waals surface area contributed by atoms with E-state index in [2.05, 4.69) is 17.0 Å². The van der Waals surface area contributed by atoms with Crippen molar-refractivity contribution < 1.29 is 0 Å². The van der Waals surface area contributed by atoms with Crippen molar-refractivity contribution in [1.82, 2.24) is 4.90 Å². The molecule has 2 N–H and O–H groups in total. The minimum atomic E-state index is 0.840. The summed E-state index contributed by atoms with van der Waals surface area (Å²) in [6, 6.07) is 8.27. The number of nitrogen functional groups attached to an aromatic ring is 1. The molecule has 1 aromatic heterocycles. The van der Waals surface area contributed by atoms with Crippen molar-refractivity contribution in [2.24, 2.45) is 0 Å². The number of halogens is 1. The van der Waals surface area contributed by atoms with E-state index >= 15 is 0 Å². The van der Waals surface area contributed by atoms with Gasteiger partial charge in [0, 0.05) is 35.6 Å². The third kappa shape index (κ3) is 2.39. The third-order valence-electron chi connectivity index (χ3n) is 3.39. The van der Waals surface area contributed by atoms with E-state index in [1.807, 2.05) is 17.5 Å². The first-order valence-corrected chi connectivity index (χ1v) is 7.29. The molecule has 0 aliphatic carbocycles. The summed E-state index contributed by atoms with van der Waals surface area (Å²) in [5.41, 5.74) is 9.67. The molecule has 2 nitrogen and oxygen atoms in total. The number of benzene rings is 1. The van der Waals surface area contributed by atoms with Crippen LogP contribution < -0.4 is 5.73 Å². The molecule has 0 spiro atoms. The van der Waals surface area contributed by atoms with Gasteiger partial charge in [-0.25, -0.2) is 0 Å². The van der Waals surface area contributed by atoms with Crippen molar-refractivity contribution in [3.63, 3.8) is 0 Å². The predicted octanol–water partition coefficient (Wildman–Crippen LogP) is 3.54. The van der Waals surface area contributed by atoms with E-state index < -0.39 is 0 Å². The summed E-state index contributed by atoms with van der Waals surface area (Å²) >= 11 is 7.68. The van der Waals surface area contributed by atoms with Gasteiger partial charge < -0.3 is 5.73 Å². The summed E-state index contributed by atoms with van der Waals surface area (Å²) in [5, 5.41) is 2.83. The average molecular weight is 279 g/mol. The van der Waals surface area contributed by atoms with Crippen LogP contribution in [-0.2, 0) is 19.5 Å². The van der Waals surface area contributed by atoms with Crippen LogP contribution >= 0.6 is 22.9 Å². The largest absolute Gasteiger partial charge is 0.398 e. The quantitative estimate of drug-likeness (QED) is 0.852. The lowest BCUT2D eigenvalue weighted by atomic mass is 9.98. The molecule has 0 amide bonds. The van der Waals surface area contributed by atoms with E-state index in [4.69, 9.17) is 17.3 Å². The molecule has 0 saturated heterocycles. The lowest BCUT2D eigenvalue weighted by Gasteiger charge is -2.29. The smallest absolute Gasteiger partial charge is 0.0516 e. The maximum atomic E-state index is 6.06. The Kier molecular flexibility index (Phi) is 3.29. The first-order valence-electron chi connectivity index (χ1n) is 6.04. The highest BCUT2D eigenvalue weighted by molar-refractivity contribution is 7.10. The van der Waals surface area contributed by atoms with E-state index in [1.165, 1.54) is 16.0 Å². The summed E-state index contributed by atoms with van der Waals surface area (Å²) in [5.74, 6) is 0. The standard InChI is InChI=1S/C14H15ClN2S/c15-11-6-12(18-9-11)7-17-5-4-10-2-1-3-14(16)13(10)8-17/h1-3,6,9H,4-5,7-8,16H2. The molecular formula is C14H15ClN2S. The number of hydrogen-bond acceptors (Lipinski definition) is 3. The van der Waals surface area contributed by atoms with Crippen LogP contribution in [0.1, 0.15) is 16.0 Å². The SMILES string of the molecule is Nc1cccc2c1CN(Cc1cc(Cl)cs1)CC2. The molecule has 0 atom stereocenters. The summed E-state index contributed by atoms with van der Waals surface area (Å²) in [6.07, 6.45) is 1.08. The highest BCUT2D eigenvalue weighted by Crippen LogP contribution is 2.27. The number of fused-ring (bicyclic) bond motifs is 1. The summed E-state index contributed by atoms with van der Waals surface area (Å²) < 4.78 is 0. The van der Waals surface area contributed by atoms with Crippen LogP contribution in [0.4, 0.5) is 5.69 Å². The molecule has 18 heavy (non-hydrogen) atoms. The monoisotopic (exact) mass is 278 g/mol. The number of thiophene rings is 1. The zero-order chi connectivity index (χ0) is 12.5. The number of nitrogens with zero attached hydrogens (tertiary/aromatic N) is 1. The molecule has 2 heterocycles. The molecule has 0 fully saturated rings. The molecule has 3 rings (SSSR count). The van der Waals surface area contributed by atoms with Crippen LogP contribution in [0.5, 0.6) is 0 Å². The van der Waals surface area contributed by atoms with Crippen LogP contribution in [0.3, 0.4) is 0 Å². The fraction of sp³-hybridized carbons (Fsp3) is 0.286. The predicted molar refractivity (Wildman–Crippen MR) is 78.0 cm³/mol. The zero-order valence-electron chi connectivity index (χ0n) is 10.0. The van der Waals surface area contributed by atoms with Gasteiger partial charge in [-0.2, -0.15) is 0 Å². The third-order valence-corrected chi connectivity index (χ3v) is 4.66. The minimum Gasteiger partial charge on any atom is -0.398 e. The summed E-state index contributed by atoms with van der Waals surface area (Å²) in [6.45, 7) is 2.99. The van der Waals surface area contributed by atoms with E-state index in [1.54, 1.807) is 11.3 Å². The van der Waals surface area contributed by atoms with Gasteiger partial charge >= 0.3 is 0 Å². The van der Waals surface area contributed by atoms with Gasteiger partial charge in [0.15, 0.2) is 0 Å². The Morgan fingerprint density at radius 2 is 2.28 bits per heavy atom. The van der Waals surface area contributed by atoms with Crippen molar-refractivity contribution in [3.8, 4) is 0 Å². The lowest BCUT2D eigenvalue weighted by Crippen LogP contribution is -2.30. The Balaban J connectivity index is 1.76. The number of rotatable bonds is 2. The van der Waals surface area contributed by atoms with Gasteiger partial charge in [0.1, 0.15) is 0 Å². The highest BCUT2D eigenvalue weighted by Gasteiger charge is 2.18. The van der Waals surface area contributed by atoms with Gasteiger partial charge in [-0.1, -0.05) is 23.7 Å². The lowest BCUT2D eigenvalue weighted by molar-refractivity contribution is 0.248. The second-order valence-corrected chi connectivity index (χ2v) is 6.11. The molecule has 0 radical (unpaired) electrons. The van der Waals surface area contributed by atoms with Crippen LogP contribution in [0.25, 0.3) is 0 Å². The number of hydrogen-bond donors (Lipinski definition) is 1. The fourth-order valence-electron chi connectivity index (χ4n) is 2.45. The second kappa shape index (κ2) is 4.92. The Hall–Kier alpha value is -1.03. The second-order valence-electron chi connectivity index (χ2n) is 4.68. The summed E-state index contributed by atoms with van der Waals surface area (Å²) in [7, 11) is 0. The van der Waals surface area contributed by atoms with Gasteiger partial charge in [0.25, 0.3) is 0 Å². The van der Waals surface area contributed by atoms with Gasteiger partial charge in [-0.05, 0) is 29.7 Å². The molecular weight excluding hydrogens is 264 g/mol. The maximum Gasteiger partial charge on any atom is 0.0516 e. The van der Waals surface area contributed by atoms with Crippen LogP contribution in [0, 0.1) is 0 Å².